The first-order chi connectivity index (χ1) is 7.81. The third kappa shape index (κ3) is 2.50. The van der Waals surface area contributed by atoms with E-state index in [2.05, 4.69) is 5.43 Å². The van der Waals surface area contributed by atoms with Crippen LogP contribution in [-0.2, 0) is 4.79 Å². The normalized spacial score (nSPS) is 20.7. The molecule has 16 heavy (non-hydrogen) atoms. The summed E-state index contributed by atoms with van der Waals surface area (Å²) in [5.41, 5.74) is 4.00. The topological polar surface area (TPSA) is 32.3 Å². The molecule has 0 bridgehead atoms. The van der Waals surface area contributed by atoms with Gasteiger partial charge in [0.05, 0.1) is 11.6 Å². The second kappa shape index (κ2) is 5.25. The molecule has 1 aliphatic rings. The number of hydrazine groups is 1. The molecule has 1 N–H and O–H groups in total. The van der Waals surface area contributed by atoms with Crippen LogP contribution in [0.3, 0.4) is 0 Å². The summed E-state index contributed by atoms with van der Waals surface area (Å²) in [5.74, 6) is 1.22. The molecule has 1 aromatic rings. The summed E-state index contributed by atoms with van der Waals surface area (Å²) >= 11 is 1.73. The Hall–Kier alpha value is -1.16. The van der Waals surface area contributed by atoms with Gasteiger partial charge in [0, 0.05) is 12.3 Å². The Bertz CT molecular complexity index is 355. The minimum absolute atomic E-state index is 0.143. The van der Waals surface area contributed by atoms with Crippen molar-refractivity contribution in [3.8, 4) is 0 Å². The monoisotopic (exact) mass is 236 g/mol. The fourth-order valence-corrected chi connectivity index (χ4v) is 2.58. The van der Waals surface area contributed by atoms with Crippen molar-refractivity contribution in [2.24, 2.45) is 5.92 Å². The van der Waals surface area contributed by atoms with Gasteiger partial charge in [0.15, 0.2) is 0 Å². The molecule has 1 unspecified atom stereocenters. The number of nitrogens with one attached hydrogen (secondary N) is 1. The summed E-state index contributed by atoms with van der Waals surface area (Å²) in [6.07, 6.45) is 2.97. The molecule has 1 atom stereocenters. The number of nitrogens with zero attached hydrogens (tertiary/aromatic N) is 1. The number of thioether (sulfide) groups is 1. The fraction of sp³-hybridized carbons (Fsp3) is 0.417. The van der Waals surface area contributed by atoms with Gasteiger partial charge in [0.2, 0.25) is 5.91 Å². The highest BCUT2D eigenvalue weighted by Gasteiger charge is 2.26. The molecule has 1 aromatic carbocycles. The van der Waals surface area contributed by atoms with E-state index in [0.29, 0.717) is 0 Å². The van der Waals surface area contributed by atoms with E-state index in [0.717, 1.165) is 24.4 Å². The highest BCUT2D eigenvalue weighted by molar-refractivity contribution is 7.98. The van der Waals surface area contributed by atoms with Crippen molar-refractivity contribution in [1.82, 2.24) is 5.43 Å². The summed E-state index contributed by atoms with van der Waals surface area (Å²) in [6.45, 7) is 0.890. The quantitative estimate of drug-likeness (QED) is 0.870. The molecule has 0 radical (unpaired) electrons. The summed E-state index contributed by atoms with van der Waals surface area (Å²) in [4.78, 5) is 11.8. The smallest absolute Gasteiger partial charge is 0.242 e. The molecule has 4 heteroatoms. The third-order valence-corrected chi connectivity index (χ3v) is 3.49. The number of amides is 1. The average molecular weight is 236 g/mol. The van der Waals surface area contributed by atoms with Crippen LogP contribution in [-0.4, -0.2) is 24.5 Å². The highest BCUT2D eigenvalue weighted by atomic mass is 32.2. The van der Waals surface area contributed by atoms with E-state index in [9.17, 15) is 4.79 Å². The van der Waals surface area contributed by atoms with Gasteiger partial charge in [0.1, 0.15) is 0 Å². The predicted octanol–water partition coefficient (Wildman–Crippen LogP) is 1.91. The lowest BCUT2D eigenvalue weighted by Crippen LogP contribution is -2.51. The van der Waals surface area contributed by atoms with E-state index in [-0.39, 0.29) is 11.8 Å². The van der Waals surface area contributed by atoms with Crippen molar-refractivity contribution < 1.29 is 4.79 Å². The van der Waals surface area contributed by atoms with E-state index < -0.39 is 0 Å². The maximum absolute atomic E-state index is 11.8. The largest absolute Gasteiger partial charge is 0.286 e. The van der Waals surface area contributed by atoms with Crippen molar-refractivity contribution in [1.29, 1.82) is 0 Å². The Balaban J connectivity index is 2.00. The van der Waals surface area contributed by atoms with Crippen LogP contribution in [0.1, 0.15) is 6.42 Å². The molecule has 0 saturated carbocycles. The van der Waals surface area contributed by atoms with Gasteiger partial charge in [0.25, 0.3) is 0 Å². The van der Waals surface area contributed by atoms with Crippen LogP contribution in [0.4, 0.5) is 5.69 Å². The number of anilines is 1. The number of para-hydroxylation sites is 1. The minimum Gasteiger partial charge on any atom is -0.286 e. The zero-order chi connectivity index (χ0) is 11.4. The Morgan fingerprint density at radius 2 is 2.19 bits per heavy atom. The molecule has 3 nitrogen and oxygen atoms in total. The minimum atomic E-state index is 0.143. The van der Waals surface area contributed by atoms with E-state index >= 15 is 0 Å². The highest BCUT2D eigenvalue weighted by Crippen LogP contribution is 2.19. The number of benzene rings is 1. The van der Waals surface area contributed by atoms with Gasteiger partial charge in [-0.3, -0.25) is 15.2 Å². The maximum atomic E-state index is 11.8. The number of carbonyl (C=O) groups is 1. The van der Waals surface area contributed by atoms with Crippen LogP contribution in [0.25, 0.3) is 0 Å². The molecule has 1 amide bonds. The molecule has 1 heterocycles. The lowest BCUT2D eigenvalue weighted by molar-refractivity contribution is -0.125. The van der Waals surface area contributed by atoms with Crippen LogP contribution < -0.4 is 10.4 Å². The summed E-state index contributed by atoms with van der Waals surface area (Å²) in [5, 5.41) is 1.93. The van der Waals surface area contributed by atoms with Crippen molar-refractivity contribution in [2.45, 2.75) is 6.42 Å². The van der Waals surface area contributed by atoms with E-state index in [1.165, 1.54) is 0 Å². The van der Waals surface area contributed by atoms with E-state index in [1.807, 2.05) is 41.6 Å². The van der Waals surface area contributed by atoms with Crippen LogP contribution in [0, 0.1) is 5.92 Å². The Labute approximate surface area is 100 Å². The molecule has 86 valence electrons. The lowest BCUT2D eigenvalue weighted by atomic mass is 10.1. The lowest BCUT2D eigenvalue weighted by Gasteiger charge is -2.33. The van der Waals surface area contributed by atoms with Gasteiger partial charge < -0.3 is 0 Å². The zero-order valence-electron chi connectivity index (χ0n) is 9.35. The number of hydrogen-bond acceptors (Lipinski definition) is 3. The van der Waals surface area contributed by atoms with Gasteiger partial charge in [-0.2, -0.15) is 11.8 Å². The Morgan fingerprint density at radius 3 is 2.81 bits per heavy atom. The first-order valence-corrected chi connectivity index (χ1v) is 6.82. The number of rotatable bonds is 3. The van der Waals surface area contributed by atoms with E-state index in [4.69, 9.17) is 0 Å². The maximum Gasteiger partial charge on any atom is 0.242 e. The van der Waals surface area contributed by atoms with Gasteiger partial charge in [-0.1, -0.05) is 18.2 Å². The van der Waals surface area contributed by atoms with Crippen LogP contribution in [0.15, 0.2) is 30.3 Å². The van der Waals surface area contributed by atoms with Crippen LogP contribution in [0.5, 0.6) is 0 Å². The molecule has 2 rings (SSSR count). The summed E-state index contributed by atoms with van der Waals surface area (Å²) < 4.78 is 0. The molecular weight excluding hydrogens is 220 g/mol. The summed E-state index contributed by atoms with van der Waals surface area (Å²) in [7, 11) is 0. The van der Waals surface area contributed by atoms with Crippen LogP contribution >= 0.6 is 11.8 Å². The zero-order valence-corrected chi connectivity index (χ0v) is 10.2. The standard InChI is InChI=1S/C12H16N2OS/c1-16-9-10-7-8-14(13-12(10)15)11-5-3-2-4-6-11/h2-6,10H,7-9H2,1H3,(H,13,15). The molecule has 1 fully saturated rings. The molecular formula is C12H16N2OS. The molecule has 1 saturated heterocycles. The summed E-state index contributed by atoms with van der Waals surface area (Å²) in [6, 6.07) is 9.96. The van der Waals surface area contributed by atoms with E-state index in [1.54, 1.807) is 11.8 Å². The van der Waals surface area contributed by atoms with Gasteiger partial charge in [-0.05, 0) is 24.8 Å². The fourth-order valence-electron chi connectivity index (χ4n) is 1.86. The second-order valence-electron chi connectivity index (χ2n) is 3.90. The number of carbonyl (C=O) groups excluding carboxylic acids is 1. The van der Waals surface area contributed by atoms with Gasteiger partial charge in [-0.25, -0.2) is 0 Å². The van der Waals surface area contributed by atoms with Crippen molar-refractivity contribution in [3.05, 3.63) is 30.3 Å². The molecule has 1 aliphatic heterocycles. The van der Waals surface area contributed by atoms with Crippen molar-refractivity contribution in [3.63, 3.8) is 0 Å². The molecule has 0 aliphatic carbocycles. The van der Waals surface area contributed by atoms with Crippen LogP contribution in [0.2, 0.25) is 0 Å². The van der Waals surface area contributed by atoms with Gasteiger partial charge >= 0.3 is 0 Å². The number of hydrogen-bond donors (Lipinski definition) is 1. The van der Waals surface area contributed by atoms with Crippen molar-refractivity contribution in [2.75, 3.05) is 23.6 Å². The SMILES string of the molecule is CSCC1CCN(c2ccccc2)NC1=O. The Kier molecular flexibility index (Phi) is 3.72. The predicted molar refractivity (Wildman–Crippen MR) is 68.4 cm³/mol. The average Bonchev–Trinajstić information content (AvgIpc) is 2.33. The third-order valence-electron chi connectivity index (χ3n) is 2.75. The Morgan fingerprint density at radius 1 is 1.44 bits per heavy atom. The second-order valence-corrected chi connectivity index (χ2v) is 4.81. The first kappa shape index (κ1) is 11.3. The molecule has 0 spiro atoms. The first-order valence-electron chi connectivity index (χ1n) is 5.43. The molecule has 0 aromatic heterocycles. The van der Waals surface area contributed by atoms with Gasteiger partial charge in [-0.15, -0.1) is 0 Å². The van der Waals surface area contributed by atoms with Crippen molar-refractivity contribution >= 4 is 23.4 Å².